The topological polar surface area (TPSA) is 81.4 Å². The summed E-state index contributed by atoms with van der Waals surface area (Å²) < 4.78 is 74.8. The molecule has 0 unspecified atom stereocenters. The lowest BCUT2D eigenvalue weighted by Crippen LogP contribution is -2.28. The number of nitriles is 1. The van der Waals surface area contributed by atoms with Crippen LogP contribution in [0.25, 0.3) is 11.1 Å². The minimum absolute atomic E-state index is 0.000105. The summed E-state index contributed by atoms with van der Waals surface area (Å²) in [5, 5.41) is 19.3. The highest BCUT2D eigenvalue weighted by Crippen LogP contribution is 2.39. The molecule has 1 N–H and O–H groups in total. The van der Waals surface area contributed by atoms with Gasteiger partial charge in [0.15, 0.2) is 0 Å². The quantitative estimate of drug-likeness (QED) is 0.110. The molecule has 0 aromatic heterocycles. The Hall–Kier alpha value is -2.90. The maximum absolute atomic E-state index is 13.6. The molecule has 0 amide bonds. The van der Waals surface area contributed by atoms with E-state index in [2.05, 4.69) is 6.07 Å². The number of unbranched alkanes of at least 4 members (excludes halogenated alkanes) is 4. The summed E-state index contributed by atoms with van der Waals surface area (Å²) in [7, 11) is -3.42. The third-order valence-corrected chi connectivity index (χ3v) is 9.71. The Bertz CT molecular complexity index is 1350. The molecule has 0 saturated carbocycles. The number of hydrogen-bond acceptors (Lipinski definition) is 5. The highest BCUT2D eigenvalue weighted by Gasteiger charge is 2.26. The summed E-state index contributed by atoms with van der Waals surface area (Å²) in [5.74, 6) is -0.349. The summed E-state index contributed by atoms with van der Waals surface area (Å²) in [6.07, 6.45) is 2.19. The van der Waals surface area contributed by atoms with Crippen LogP contribution in [0.15, 0.2) is 42.5 Å². The first kappa shape index (κ1) is 34.6. The summed E-state index contributed by atoms with van der Waals surface area (Å²) in [6.45, 7) is 1.32. The Kier molecular flexibility index (Phi) is 13.5. The molecular weight excluding hydrogens is 580 g/mol. The zero-order valence-electron chi connectivity index (χ0n) is 24.6. The molecule has 0 radical (unpaired) electrons. The van der Waals surface area contributed by atoms with E-state index in [1.807, 2.05) is 29.2 Å². The van der Waals surface area contributed by atoms with Crippen molar-refractivity contribution in [3.63, 3.8) is 0 Å². The van der Waals surface area contributed by atoms with E-state index in [-0.39, 0.29) is 42.5 Å². The first-order valence-electron chi connectivity index (χ1n) is 15.1. The van der Waals surface area contributed by atoms with Crippen LogP contribution in [0.3, 0.4) is 0 Å². The molecule has 0 fully saturated rings. The lowest BCUT2D eigenvalue weighted by molar-refractivity contribution is -0.135. The van der Waals surface area contributed by atoms with Crippen molar-refractivity contribution in [2.24, 2.45) is 0 Å². The second-order valence-corrected chi connectivity index (χ2v) is 13.6. The molecule has 2 aromatic rings. The van der Waals surface area contributed by atoms with Gasteiger partial charge in [-0.2, -0.15) is 18.4 Å². The van der Waals surface area contributed by atoms with E-state index < -0.39 is 22.4 Å². The van der Waals surface area contributed by atoms with Crippen LogP contribution in [0.2, 0.25) is 0 Å². The molecular formula is C33H42F4N2O3S. The molecule has 0 heterocycles. The van der Waals surface area contributed by atoms with Crippen molar-refractivity contribution in [2.45, 2.75) is 83.2 Å². The molecule has 1 aliphatic carbocycles. The van der Waals surface area contributed by atoms with Crippen molar-refractivity contribution in [3.05, 3.63) is 65.0 Å². The Morgan fingerprint density at radius 1 is 0.884 bits per heavy atom. The average Bonchev–Trinajstić information content (AvgIpc) is 3.11. The first-order chi connectivity index (χ1) is 20.5. The maximum Gasteiger partial charge on any atom is 0.389 e. The molecule has 5 nitrogen and oxygen atoms in total. The molecule has 10 heteroatoms. The van der Waals surface area contributed by atoms with E-state index in [1.54, 1.807) is 6.07 Å². The van der Waals surface area contributed by atoms with Crippen molar-refractivity contribution in [3.8, 4) is 11.8 Å². The number of aromatic hydroxyl groups is 1. The average molecular weight is 623 g/mol. The van der Waals surface area contributed by atoms with E-state index in [0.717, 1.165) is 68.1 Å². The van der Waals surface area contributed by atoms with Gasteiger partial charge in [0.1, 0.15) is 21.4 Å². The second kappa shape index (κ2) is 16.8. The van der Waals surface area contributed by atoms with Crippen LogP contribution in [-0.4, -0.2) is 55.7 Å². The van der Waals surface area contributed by atoms with Gasteiger partial charge in [-0.1, -0.05) is 31.0 Å². The largest absolute Gasteiger partial charge is 0.508 e. The number of aryl methyl sites for hydroxylation is 1. The van der Waals surface area contributed by atoms with E-state index in [9.17, 15) is 36.3 Å². The lowest BCUT2D eigenvalue weighted by Gasteiger charge is -2.19. The lowest BCUT2D eigenvalue weighted by atomic mass is 9.89. The van der Waals surface area contributed by atoms with Gasteiger partial charge in [-0.25, -0.2) is 12.8 Å². The standard InChI is InChI=1S/C33H42F4N2O3S/c34-28-14-12-26(13-15-28)30-11-7-9-27-25-29(40)16-17-31(27)32(30)10-3-1-2-5-20-39(22-19-38)21-8-24-43(41,42)23-6-4-18-33(35,36)37/h12-17,25,40H,1-11,18,20-24H2. The van der Waals surface area contributed by atoms with Crippen LogP contribution in [0.5, 0.6) is 5.75 Å². The van der Waals surface area contributed by atoms with Crippen LogP contribution in [0.1, 0.15) is 87.3 Å². The fraction of sp³-hybridized carbons (Fsp3) is 0.545. The monoisotopic (exact) mass is 622 g/mol. The van der Waals surface area contributed by atoms with Crippen LogP contribution in [0.4, 0.5) is 17.6 Å². The van der Waals surface area contributed by atoms with Gasteiger partial charge in [0, 0.05) is 13.0 Å². The van der Waals surface area contributed by atoms with Gasteiger partial charge in [-0.05, 0) is 116 Å². The number of allylic oxidation sites excluding steroid dienone is 2. The molecule has 43 heavy (non-hydrogen) atoms. The highest BCUT2D eigenvalue weighted by molar-refractivity contribution is 7.91. The number of nitrogens with zero attached hydrogens (tertiary/aromatic N) is 2. The van der Waals surface area contributed by atoms with Crippen LogP contribution in [-0.2, 0) is 16.3 Å². The zero-order chi connectivity index (χ0) is 31.3. The predicted molar refractivity (Wildman–Crippen MR) is 163 cm³/mol. The third-order valence-electron chi connectivity index (χ3n) is 7.88. The van der Waals surface area contributed by atoms with Gasteiger partial charge < -0.3 is 5.11 Å². The number of rotatable bonds is 17. The Morgan fingerprint density at radius 2 is 1.58 bits per heavy atom. The van der Waals surface area contributed by atoms with E-state index in [4.69, 9.17) is 0 Å². The van der Waals surface area contributed by atoms with Crippen molar-refractivity contribution in [2.75, 3.05) is 31.1 Å². The molecule has 1 aliphatic rings. The van der Waals surface area contributed by atoms with Crippen molar-refractivity contribution < 1.29 is 31.1 Å². The number of fused-ring (bicyclic) bond motifs is 1. The number of alkyl halides is 3. The first-order valence-corrected chi connectivity index (χ1v) is 17.0. The Morgan fingerprint density at radius 3 is 2.30 bits per heavy atom. The fourth-order valence-corrected chi connectivity index (χ4v) is 7.14. The number of phenols is 1. The van der Waals surface area contributed by atoms with Crippen LogP contribution < -0.4 is 0 Å². The number of phenolic OH excluding ortho intramolecular Hbond substituents is 1. The maximum atomic E-state index is 13.6. The molecule has 2 aromatic carbocycles. The van der Waals surface area contributed by atoms with Crippen molar-refractivity contribution in [1.82, 2.24) is 4.90 Å². The minimum Gasteiger partial charge on any atom is -0.508 e. The summed E-state index contributed by atoms with van der Waals surface area (Å²) in [5.41, 5.74) is 5.75. The second-order valence-electron chi connectivity index (χ2n) is 11.3. The minimum atomic E-state index is -4.27. The molecule has 0 aliphatic heterocycles. The van der Waals surface area contributed by atoms with E-state index in [0.29, 0.717) is 19.5 Å². The Balaban J connectivity index is 1.48. The van der Waals surface area contributed by atoms with Gasteiger partial charge in [0.2, 0.25) is 0 Å². The normalized spacial score (nSPS) is 14.0. The smallest absolute Gasteiger partial charge is 0.389 e. The third kappa shape index (κ3) is 12.3. The predicted octanol–water partition coefficient (Wildman–Crippen LogP) is 8.09. The van der Waals surface area contributed by atoms with Crippen LogP contribution in [0, 0.1) is 17.1 Å². The zero-order valence-corrected chi connectivity index (χ0v) is 25.5. The van der Waals surface area contributed by atoms with E-state index in [1.165, 1.54) is 23.3 Å². The molecule has 3 rings (SSSR count). The number of benzene rings is 2. The van der Waals surface area contributed by atoms with Gasteiger partial charge in [-0.3, -0.25) is 4.90 Å². The number of halogens is 4. The molecule has 0 bridgehead atoms. The van der Waals surface area contributed by atoms with Crippen molar-refractivity contribution >= 4 is 21.0 Å². The van der Waals surface area contributed by atoms with Crippen molar-refractivity contribution in [1.29, 1.82) is 5.26 Å². The van der Waals surface area contributed by atoms with Gasteiger partial charge >= 0.3 is 6.18 Å². The fourth-order valence-electron chi connectivity index (χ4n) is 5.72. The number of hydrogen-bond donors (Lipinski definition) is 1. The highest BCUT2D eigenvalue weighted by atomic mass is 32.2. The molecule has 0 spiro atoms. The summed E-state index contributed by atoms with van der Waals surface area (Å²) >= 11 is 0. The van der Waals surface area contributed by atoms with Gasteiger partial charge in [-0.15, -0.1) is 0 Å². The molecule has 0 atom stereocenters. The summed E-state index contributed by atoms with van der Waals surface area (Å²) in [6, 6.07) is 14.3. The van der Waals surface area contributed by atoms with Gasteiger partial charge in [0.05, 0.1) is 24.1 Å². The van der Waals surface area contributed by atoms with Crippen LogP contribution >= 0.6 is 0 Å². The van der Waals surface area contributed by atoms with Gasteiger partial charge in [0.25, 0.3) is 0 Å². The molecule has 236 valence electrons. The summed E-state index contributed by atoms with van der Waals surface area (Å²) in [4.78, 5) is 1.93. The molecule has 0 saturated heterocycles. The Labute approximate surface area is 253 Å². The SMILES string of the molecule is N#CCN(CCCCCCC1=C(c2ccc(F)cc2)CCCc2cc(O)ccc21)CCCS(=O)(=O)CCCCC(F)(F)F. The number of sulfone groups is 1. The van der Waals surface area contributed by atoms with E-state index >= 15 is 0 Å².